The van der Waals surface area contributed by atoms with E-state index in [-0.39, 0.29) is 24.9 Å². The molecule has 2 amide bonds. The van der Waals surface area contributed by atoms with E-state index < -0.39 is 0 Å². The molecule has 1 aromatic heterocycles. The van der Waals surface area contributed by atoms with Gasteiger partial charge in [-0.2, -0.15) is 0 Å². The largest absolute Gasteiger partial charge is 0.324 e. The number of nitrogens with one attached hydrogen (secondary N) is 2. The van der Waals surface area contributed by atoms with Gasteiger partial charge >= 0.3 is 0 Å². The second-order valence-electron chi connectivity index (χ2n) is 8.85. The molecule has 7 heteroatoms. The van der Waals surface area contributed by atoms with Crippen LogP contribution in [0.1, 0.15) is 33.4 Å². The molecular weight excluding hydrogens is 432 g/mol. The average molecular weight is 465 g/mol. The molecule has 33 heavy (non-hydrogen) atoms. The Kier molecular flexibility index (Phi) is 7.66. The molecule has 0 atom stereocenters. The van der Waals surface area contributed by atoms with Crippen molar-refractivity contribution >= 4 is 34.0 Å². The number of aromatic nitrogens is 1. The molecule has 0 bridgehead atoms. The van der Waals surface area contributed by atoms with E-state index in [1.165, 1.54) is 28.0 Å². The molecule has 2 N–H and O–H groups in total. The lowest BCUT2D eigenvalue weighted by Crippen LogP contribution is -2.36. The fourth-order valence-corrected chi connectivity index (χ4v) is 5.01. The van der Waals surface area contributed by atoms with Gasteiger partial charge in [0.2, 0.25) is 11.8 Å². The molecule has 6 nitrogen and oxygen atoms in total. The van der Waals surface area contributed by atoms with Crippen molar-refractivity contribution < 1.29 is 9.59 Å². The maximum absolute atomic E-state index is 12.5. The van der Waals surface area contributed by atoms with Crippen LogP contribution >= 0.6 is 11.3 Å². The fraction of sp³-hybridized carbons (Fsp3) is 0.346. The van der Waals surface area contributed by atoms with Crippen LogP contribution in [0.5, 0.6) is 0 Å². The van der Waals surface area contributed by atoms with E-state index in [2.05, 4.69) is 48.5 Å². The first-order valence-electron chi connectivity index (χ1n) is 10.9. The van der Waals surface area contributed by atoms with Gasteiger partial charge in [-0.05, 0) is 70.8 Å². The molecule has 3 aromatic rings. The maximum Gasteiger partial charge on any atom is 0.240 e. The number of anilines is 2. The number of hydrogen-bond acceptors (Lipinski definition) is 5. The topological polar surface area (TPSA) is 74.3 Å². The normalized spacial score (nSPS) is 11.0. The first-order valence-corrected chi connectivity index (χ1v) is 11.8. The van der Waals surface area contributed by atoms with Crippen molar-refractivity contribution in [2.24, 2.45) is 0 Å². The maximum atomic E-state index is 12.5. The minimum Gasteiger partial charge on any atom is -0.324 e. The summed E-state index contributed by atoms with van der Waals surface area (Å²) in [6, 6.07) is 8.36. The number of carbonyl (C=O) groups is 2. The quantitative estimate of drug-likeness (QED) is 0.506. The van der Waals surface area contributed by atoms with Crippen LogP contribution in [0.3, 0.4) is 0 Å². The summed E-state index contributed by atoms with van der Waals surface area (Å²) in [5, 5.41) is 8.34. The summed E-state index contributed by atoms with van der Waals surface area (Å²) in [7, 11) is 1.75. The van der Waals surface area contributed by atoms with E-state index >= 15 is 0 Å². The zero-order chi connectivity index (χ0) is 24.3. The van der Waals surface area contributed by atoms with E-state index in [1.807, 2.05) is 38.3 Å². The summed E-state index contributed by atoms with van der Waals surface area (Å²) in [4.78, 5) is 31.3. The van der Waals surface area contributed by atoms with Gasteiger partial charge in [-0.15, -0.1) is 11.3 Å². The van der Waals surface area contributed by atoms with Crippen molar-refractivity contribution in [2.75, 3.05) is 30.8 Å². The Balaban J connectivity index is 1.57. The molecule has 0 unspecified atom stereocenters. The van der Waals surface area contributed by atoms with Gasteiger partial charge in [0.15, 0.2) is 5.13 Å². The predicted octanol–water partition coefficient (Wildman–Crippen LogP) is 5.17. The summed E-state index contributed by atoms with van der Waals surface area (Å²) < 4.78 is 0. The first-order chi connectivity index (χ1) is 15.5. The standard InChI is InChI=1S/C26H32N4O2S/c1-15-8-17(3)24(18(4)9-15)21-14-33-26(27-21)29-23(32)13-30(7)12-22(31)28-25-19(5)10-16(2)11-20(25)6/h8-11,14H,12-13H2,1-7H3,(H,28,31)(H,27,29,32). The average Bonchev–Trinajstić information content (AvgIpc) is 3.11. The van der Waals surface area contributed by atoms with Crippen molar-refractivity contribution in [3.8, 4) is 11.3 Å². The van der Waals surface area contributed by atoms with Crippen molar-refractivity contribution in [2.45, 2.75) is 41.5 Å². The summed E-state index contributed by atoms with van der Waals surface area (Å²) in [5.74, 6) is -0.353. The number of rotatable bonds is 7. The molecular formula is C26H32N4O2S. The molecule has 0 radical (unpaired) electrons. The minimum absolute atomic E-state index is 0.0940. The Morgan fingerprint density at radius 3 is 1.85 bits per heavy atom. The van der Waals surface area contributed by atoms with Crippen LogP contribution in [0.4, 0.5) is 10.8 Å². The van der Waals surface area contributed by atoms with E-state index in [4.69, 9.17) is 0 Å². The summed E-state index contributed by atoms with van der Waals surface area (Å²) >= 11 is 1.40. The van der Waals surface area contributed by atoms with Crippen molar-refractivity contribution in [1.82, 2.24) is 9.88 Å². The molecule has 2 aromatic carbocycles. The number of thiazole rings is 1. The van der Waals surface area contributed by atoms with E-state index in [1.54, 1.807) is 11.9 Å². The number of amides is 2. The lowest BCUT2D eigenvalue weighted by atomic mass is 9.98. The highest BCUT2D eigenvalue weighted by Crippen LogP contribution is 2.31. The fourth-order valence-electron chi connectivity index (χ4n) is 4.29. The summed E-state index contributed by atoms with van der Waals surface area (Å²) in [5.41, 5.74) is 9.57. The van der Waals surface area contributed by atoms with Crippen LogP contribution in [0, 0.1) is 41.5 Å². The van der Waals surface area contributed by atoms with Crippen molar-refractivity contribution in [3.63, 3.8) is 0 Å². The number of carbonyl (C=O) groups excluding carboxylic acids is 2. The van der Waals surface area contributed by atoms with Crippen LogP contribution < -0.4 is 10.6 Å². The summed E-state index contributed by atoms with van der Waals surface area (Å²) in [6.45, 7) is 12.4. The van der Waals surface area contributed by atoms with E-state index in [9.17, 15) is 9.59 Å². The SMILES string of the molecule is Cc1cc(C)c(NC(=O)CN(C)CC(=O)Nc2nc(-c3c(C)cc(C)cc3C)cs2)c(C)c1. The number of nitrogens with zero attached hydrogens (tertiary/aromatic N) is 2. The van der Waals surface area contributed by atoms with Gasteiger partial charge in [-0.25, -0.2) is 4.98 Å². The molecule has 174 valence electrons. The molecule has 0 aliphatic rings. The number of aryl methyl sites for hydroxylation is 6. The molecule has 3 rings (SSSR count). The highest BCUT2D eigenvalue weighted by atomic mass is 32.1. The van der Waals surface area contributed by atoms with Gasteiger partial charge < -0.3 is 10.6 Å². The smallest absolute Gasteiger partial charge is 0.240 e. The second-order valence-corrected chi connectivity index (χ2v) is 9.71. The van der Waals surface area contributed by atoms with Gasteiger partial charge in [0.05, 0.1) is 18.8 Å². The van der Waals surface area contributed by atoms with Crippen LogP contribution in [0.25, 0.3) is 11.3 Å². The number of likely N-dealkylation sites (N-methyl/N-ethyl adjacent to an activating group) is 1. The van der Waals surface area contributed by atoms with Crippen molar-refractivity contribution in [1.29, 1.82) is 0 Å². The second kappa shape index (κ2) is 10.3. The first kappa shape index (κ1) is 24.6. The minimum atomic E-state index is -0.203. The molecule has 0 aliphatic carbocycles. The Hall–Kier alpha value is -3.03. The monoisotopic (exact) mass is 464 g/mol. The third kappa shape index (κ3) is 6.27. The Morgan fingerprint density at radius 1 is 0.818 bits per heavy atom. The Bertz CT molecular complexity index is 1150. The number of hydrogen-bond donors (Lipinski definition) is 2. The zero-order valence-corrected chi connectivity index (χ0v) is 21.2. The van der Waals surface area contributed by atoms with E-state index in [0.717, 1.165) is 33.6 Å². The predicted molar refractivity (Wildman–Crippen MR) is 137 cm³/mol. The van der Waals surface area contributed by atoms with Crippen LogP contribution in [0.15, 0.2) is 29.6 Å². The zero-order valence-electron chi connectivity index (χ0n) is 20.4. The molecule has 0 saturated heterocycles. The van der Waals surface area contributed by atoms with Gasteiger partial charge in [0.1, 0.15) is 0 Å². The highest BCUT2D eigenvalue weighted by molar-refractivity contribution is 7.14. The van der Waals surface area contributed by atoms with Gasteiger partial charge in [-0.3, -0.25) is 14.5 Å². The molecule has 0 aliphatic heterocycles. The van der Waals surface area contributed by atoms with Crippen LogP contribution in [-0.2, 0) is 9.59 Å². The van der Waals surface area contributed by atoms with E-state index in [0.29, 0.717) is 5.13 Å². The highest BCUT2D eigenvalue weighted by Gasteiger charge is 2.15. The molecule has 0 fully saturated rings. The van der Waals surface area contributed by atoms with Gasteiger partial charge in [0.25, 0.3) is 0 Å². The van der Waals surface area contributed by atoms with Crippen molar-refractivity contribution in [3.05, 3.63) is 63.0 Å². The number of benzene rings is 2. The lowest BCUT2D eigenvalue weighted by Gasteiger charge is -2.17. The lowest BCUT2D eigenvalue weighted by molar-refractivity contribution is -0.119. The molecule has 0 spiro atoms. The Morgan fingerprint density at radius 2 is 1.30 bits per heavy atom. The van der Waals surface area contributed by atoms with Gasteiger partial charge in [-0.1, -0.05) is 35.4 Å². The Labute approximate surface area is 200 Å². The molecule has 0 saturated carbocycles. The summed E-state index contributed by atoms with van der Waals surface area (Å²) in [6.07, 6.45) is 0. The third-order valence-electron chi connectivity index (χ3n) is 5.45. The van der Waals surface area contributed by atoms with Crippen LogP contribution in [0.2, 0.25) is 0 Å². The molecule has 1 heterocycles. The third-order valence-corrected chi connectivity index (χ3v) is 6.21. The van der Waals surface area contributed by atoms with Crippen LogP contribution in [-0.4, -0.2) is 41.8 Å². The van der Waals surface area contributed by atoms with Gasteiger partial charge in [0, 0.05) is 16.6 Å².